The number of esters is 1. The van der Waals surface area contributed by atoms with Crippen molar-refractivity contribution in [1.29, 1.82) is 5.41 Å². The molecule has 0 aliphatic carbocycles. The van der Waals surface area contributed by atoms with Gasteiger partial charge in [-0.05, 0) is 42.2 Å². The highest BCUT2D eigenvalue weighted by Gasteiger charge is 2.29. The number of nitrogens with one attached hydrogen (secondary N) is 1. The van der Waals surface area contributed by atoms with Gasteiger partial charge in [0.25, 0.3) is 0 Å². The normalized spacial score (nSPS) is 16.0. The molecule has 0 saturated carbocycles. The van der Waals surface area contributed by atoms with Crippen molar-refractivity contribution < 1.29 is 24.2 Å². The molecular weight excluding hydrogens is 400 g/mol. The van der Waals surface area contributed by atoms with E-state index in [1.54, 1.807) is 42.2 Å². The van der Waals surface area contributed by atoms with Gasteiger partial charge >= 0.3 is 5.97 Å². The van der Waals surface area contributed by atoms with E-state index in [1.165, 1.54) is 7.11 Å². The van der Waals surface area contributed by atoms with E-state index in [4.69, 9.17) is 10.1 Å². The third kappa shape index (κ3) is 7.21. The van der Waals surface area contributed by atoms with E-state index < -0.39 is 0 Å². The van der Waals surface area contributed by atoms with Gasteiger partial charge in [-0.25, -0.2) is 0 Å². The summed E-state index contributed by atoms with van der Waals surface area (Å²) in [5.74, 6) is 0.0702. The molecule has 1 amide bonds. The molecule has 168 valence electrons. The number of guanidine groups is 1. The van der Waals surface area contributed by atoms with E-state index in [-0.39, 0.29) is 36.4 Å². The number of amides is 1. The second-order valence-electron chi connectivity index (χ2n) is 7.16. The van der Waals surface area contributed by atoms with Crippen LogP contribution in [-0.2, 0) is 19.1 Å². The SMILES string of the molecule is COCCN(C)C(=N)N=C1C(=Cc2cccc(O)c2)CCN1C(=O)CCCC(=O)OC. The molecule has 0 bridgehead atoms. The van der Waals surface area contributed by atoms with Gasteiger partial charge in [0, 0.05) is 40.1 Å². The molecule has 1 aromatic carbocycles. The number of carbonyl (C=O) groups excluding carboxylic acids is 2. The van der Waals surface area contributed by atoms with Crippen LogP contribution in [0.15, 0.2) is 34.8 Å². The van der Waals surface area contributed by atoms with E-state index in [2.05, 4.69) is 9.73 Å². The number of nitrogens with zero attached hydrogens (tertiary/aromatic N) is 3. The van der Waals surface area contributed by atoms with Gasteiger partial charge in [-0.3, -0.25) is 19.9 Å². The van der Waals surface area contributed by atoms with Crippen molar-refractivity contribution in [3.8, 4) is 5.75 Å². The van der Waals surface area contributed by atoms with Gasteiger partial charge in [0.2, 0.25) is 11.9 Å². The van der Waals surface area contributed by atoms with Gasteiger partial charge in [0.1, 0.15) is 11.6 Å². The van der Waals surface area contributed by atoms with E-state index in [1.807, 2.05) is 12.1 Å². The molecule has 2 N–H and O–H groups in total. The lowest BCUT2D eigenvalue weighted by Crippen LogP contribution is -2.35. The molecule has 1 fully saturated rings. The highest BCUT2D eigenvalue weighted by atomic mass is 16.5. The van der Waals surface area contributed by atoms with Gasteiger partial charge in [-0.1, -0.05) is 12.1 Å². The van der Waals surface area contributed by atoms with Gasteiger partial charge in [-0.15, -0.1) is 0 Å². The second kappa shape index (κ2) is 11.8. The molecule has 0 unspecified atom stereocenters. The number of carbonyl (C=O) groups is 2. The Morgan fingerprint density at radius 1 is 1.32 bits per heavy atom. The number of likely N-dealkylation sites (N-methyl/N-ethyl adjacent to an activating group) is 1. The largest absolute Gasteiger partial charge is 0.508 e. The minimum absolute atomic E-state index is 0.0168. The van der Waals surface area contributed by atoms with E-state index >= 15 is 0 Å². The zero-order valence-corrected chi connectivity index (χ0v) is 18.3. The molecule has 0 radical (unpaired) electrons. The minimum atomic E-state index is -0.353. The van der Waals surface area contributed by atoms with E-state index in [0.717, 1.165) is 11.1 Å². The summed E-state index contributed by atoms with van der Waals surface area (Å²) in [4.78, 5) is 31.8. The van der Waals surface area contributed by atoms with E-state index in [9.17, 15) is 14.7 Å². The number of likely N-dealkylation sites (tertiary alicyclic amines) is 1. The summed E-state index contributed by atoms with van der Waals surface area (Å²) in [5.41, 5.74) is 1.58. The maximum absolute atomic E-state index is 12.8. The molecule has 0 atom stereocenters. The third-order valence-electron chi connectivity index (χ3n) is 4.86. The summed E-state index contributed by atoms with van der Waals surface area (Å²) in [5, 5.41) is 18.1. The average Bonchev–Trinajstić information content (AvgIpc) is 3.13. The fraction of sp³-hybridized carbons (Fsp3) is 0.455. The first-order valence-corrected chi connectivity index (χ1v) is 10.1. The van der Waals surface area contributed by atoms with Crippen LogP contribution in [0.4, 0.5) is 0 Å². The molecule has 0 spiro atoms. The van der Waals surface area contributed by atoms with Crippen LogP contribution in [0.2, 0.25) is 0 Å². The number of rotatable bonds is 8. The number of benzene rings is 1. The van der Waals surface area contributed by atoms with Crippen LogP contribution in [0.3, 0.4) is 0 Å². The minimum Gasteiger partial charge on any atom is -0.508 e. The Balaban J connectivity index is 2.25. The molecule has 1 aliphatic heterocycles. The summed E-state index contributed by atoms with van der Waals surface area (Å²) in [6.45, 7) is 1.38. The first-order chi connectivity index (χ1) is 14.8. The van der Waals surface area contributed by atoms with Crippen molar-refractivity contribution in [1.82, 2.24) is 9.80 Å². The van der Waals surface area contributed by atoms with Crippen molar-refractivity contribution in [3.05, 3.63) is 35.4 Å². The summed E-state index contributed by atoms with van der Waals surface area (Å²) < 4.78 is 9.67. The van der Waals surface area contributed by atoms with Gasteiger partial charge in [-0.2, -0.15) is 4.99 Å². The highest BCUT2D eigenvalue weighted by molar-refractivity contribution is 6.15. The van der Waals surface area contributed by atoms with Crippen LogP contribution in [0, 0.1) is 5.41 Å². The first kappa shape index (κ1) is 24.1. The van der Waals surface area contributed by atoms with Gasteiger partial charge in [0.15, 0.2) is 0 Å². The standard InChI is InChI=1S/C22H30N4O5/c1-25(12-13-30-2)22(23)24-21-17(14-16-6-4-7-18(27)15-16)10-11-26(21)19(28)8-5-9-20(29)31-3/h4,6-7,14-15,23,27H,5,8-13H2,1-3H3. The van der Waals surface area contributed by atoms with E-state index in [0.29, 0.717) is 38.4 Å². The molecule has 2 rings (SSSR count). The summed E-state index contributed by atoms with van der Waals surface area (Å²) >= 11 is 0. The number of ether oxygens (including phenoxy) is 2. The monoisotopic (exact) mass is 430 g/mol. The average molecular weight is 431 g/mol. The van der Waals surface area contributed by atoms with Crippen LogP contribution in [0.25, 0.3) is 6.08 Å². The van der Waals surface area contributed by atoms with Crippen LogP contribution < -0.4 is 0 Å². The zero-order chi connectivity index (χ0) is 22.8. The molecule has 9 nitrogen and oxygen atoms in total. The molecule has 1 heterocycles. The number of phenolic OH excluding ortho intramolecular Hbond substituents is 1. The Labute approximate surface area is 182 Å². The lowest BCUT2D eigenvalue weighted by molar-refractivity contribution is -0.140. The number of aromatic hydroxyl groups is 1. The number of phenols is 1. The Bertz CT molecular complexity index is 865. The number of methoxy groups -OCH3 is 2. The van der Waals surface area contributed by atoms with Crippen LogP contribution in [0.1, 0.15) is 31.2 Å². The lowest BCUT2D eigenvalue weighted by Gasteiger charge is -2.20. The predicted octanol–water partition coefficient (Wildman–Crippen LogP) is 2.26. The summed E-state index contributed by atoms with van der Waals surface area (Å²) in [6.07, 6.45) is 3.17. The maximum atomic E-state index is 12.8. The highest BCUT2D eigenvalue weighted by Crippen LogP contribution is 2.24. The van der Waals surface area contributed by atoms with Crippen LogP contribution in [-0.4, -0.2) is 79.5 Å². The summed E-state index contributed by atoms with van der Waals surface area (Å²) in [6, 6.07) is 6.80. The molecule has 0 aromatic heterocycles. The van der Waals surface area contributed by atoms with Crippen molar-refractivity contribution in [3.63, 3.8) is 0 Å². The van der Waals surface area contributed by atoms with Crippen LogP contribution >= 0.6 is 0 Å². The third-order valence-corrected chi connectivity index (χ3v) is 4.86. The Morgan fingerprint density at radius 3 is 2.77 bits per heavy atom. The molecule has 31 heavy (non-hydrogen) atoms. The number of hydrogen-bond acceptors (Lipinski definition) is 6. The van der Waals surface area contributed by atoms with Gasteiger partial charge in [0.05, 0.1) is 13.7 Å². The summed E-state index contributed by atoms with van der Waals surface area (Å²) in [7, 11) is 4.65. The maximum Gasteiger partial charge on any atom is 0.305 e. The zero-order valence-electron chi connectivity index (χ0n) is 18.3. The second-order valence-corrected chi connectivity index (χ2v) is 7.16. The van der Waals surface area contributed by atoms with Gasteiger partial charge < -0.3 is 19.5 Å². The number of hydrogen-bond donors (Lipinski definition) is 2. The Kier molecular flexibility index (Phi) is 9.20. The Morgan fingerprint density at radius 2 is 2.10 bits per heavy atom. The number of amidine groups is 1. The molecular formula is C22H30N4O5. The lowest BCUT2D eigenvalue weighted by atomic mass is 10.1. The topological polar surface area (TPSA) is 116 Å². The van der Waals surface area contributed by atoms with Crippen molar-refractivity contribution in [2.45, 2.75) is 25.7 Å². The Hall–Kier alpha value is -3.20. The first-order valence-electron chi connectivity index (χ1n) is 10.1. The van der Waals surface area contributed by atoms with Crippen molar-refractivity contribution >= 4 is 29.7 Å². The fourth-order valence-corrected chi connectivity index (χ4v) is 3.09. The predicted molar refractivity (Wildman–Crippen MR) is 118 cm³/mol. The van der Waals surface area contributed by atoms with Crippen molar-refractivity contribution in [2.24, 2.45) is 4.99 Å². The van der Waals surface area contributed by atoms with Crippen molar-refractivity contribution in [2.75, 3.05) is 41.0 Å². The smallest absolute Gasteiger partial charge is 0.305 e. The fourth-order valence-electron chi connectivity index (χ4n) is 3.09. The quantitative estimate of drug-likeness (QED) is 0.371. The van der Waals surface area contributed by atoms with Crippen LogP contribution in [0.5, 0.6) is 5.75 Å². The number of aliphatic imine (C=N–C) groups is 1. The molecule has 9 heteroatoms. The molecule has 1 saturated heterocycles. The molecule has 1 aliphatic rings. The molecule has 1 aromatic rings.